The molecule has 2 N–H and O–H groups in total. The molecule has 0 fully saturated rings. The summed E-state index contributed by atoms with van der Waals surface area (Å²) >= 11 is 0. The van der Waals surface area contributed by atoms with Crippen molar-refractivity contribution in [3.05, 3.63) is 72.9 Å². The van der Waals surface area contributed by atoms with Crippen LogP contribution in [0.3, 0.4) is 0 Å². The number of rotatable bonds is 34. The van der Waals surface area contributed by atoms with Crippen LogP contribution in [-0.2, 0) is 18.4 Å². The third kappa shape index (κ3) is 36.1. The van der Waals surface area contributed by atoms with E-state index < -0.39 is 26.6 Å². The fourth-order valence-corrected chi connectivity index (χ4v) is 5.70. The maximum absolute atomic E-state index is 12.8. The summed E-state index contributed by atoms with van der Waals surface area (Å²) in [6.45, 7) is 4.43. The van der Waals surface area contributed by atoms with Crippen molar-refractivity contribution in [3.8, 4) is 0 Å². The minimum absolute atomic E-state index is 0.0183. The Balaban J connectivity index is 4.67. The summed E-state index contributed by atoms with van der Waals surface area (Å²) in [7, 11) is 1.20. The molecule has 0 aromatic carbocycles. The summed E-state index contributed by atoms with van der Waals surface area (Å²) < 4.78 is 23.1. The molecule has 0 aliphatic carbocycles. The Kier molecular flexibility index (Phi) is 32.4. The Hall–Kier alpha value is -2.06. The minimum Gasteiger partial charge on any atom is -0.756 e. The number of carbonyl (C=O) groups excluding carboxylic acids is 1. The highest BCUT2D eigenvalue weighted by atomic mass is 31.2. The lowest BCUT2D eigenvalue weighted by Crippen LogP contribution is -2.45. The lowest BCUT2D eigenvalue weighted by Gasteiger charge is -2.29. The molecule has 294 valence electrons. The van der Waals surface area contributed by atoms with Gasteiger partial charge in [-0.15, -0.1) is 0 Å². The summed E-state index contributed by atoms with van der Waals surface area (Å²) in [4.78, 5) is 25.2. The maximum Gasteiger partial charge on any atom is 0.268 e. The number of allylic oxidation sites excluding steroid dienone is 11. The number of nitrogens with zero attached hydrogens (tertiary/aromatic N) is 1. The summed E-state index contributed by atoms with van der Waals surface area (Å²) in [6, 6.07) is -0.926. The van der Waals surface area contributed by atoms with Crippen molar-refractivity contribution in [2.45, 2.75) is 148 Å². The molecule has 0 aromatic rings. The minimum atomic E-state index is -4.60. The van der Waals surface area contributed by atoms with Crippen molar-refractivity contribution in [2.24, 2.45) is 0 Å². The van der Waals surface area contributed by atoms with Crippen molar-refractivity contribution >= 4 is 13.7 Å². The van der Waals surface area contributed by atoms with E-state index in [2.05, 4.69) is 79.9 Å². The smallest absolute Gasteiger partial charge is 0.268 e. The third-order valence-electron chi connectivity index (χ3n) is 8.15. The van der Waals surface area contributed by atoms with Gasteiger partial charge in [-0.05, 0) is 70.6 Å². The van der Waals surface area contributed by atoms with Crippen molar-refractivity contribution < 1.29 is 32.9 Å². The van der Waals surface area contributed by atoms with Gasteiger partial charge in [0.05, 0.1) is 39.9 Å². The van der Waals surface area contributed by atoms with Gasteiger partial charge in [0.15, 0.2) is 0 Å². The van der Waals surface area contributed by atoms with Crippen LogP contribution in [0.15, 0.2) is 72.9 Å². The van der Waals surface area contributed by atoms with Crippen LogP contribution in [0.2, 0.25) is 0 Å². The van der Waals surface area contributed by atoms with Gasteiger partial charge in [-0.1, -0.05) is 132 Å². The van der Waals surface area contributed by atoms with Crippen molar-refractivity contribution in [2.75, 3.05) is 40.9 Å². The number of quaternary nitrogens is 1. The normalized spacial score (nSPS) is 15.4. The van der Waals surface area contributed by atoms with Crippen LogP contribution >= 0.6 is 7.82 Å². The predicted molar refractivity (Wildman–Crippen MR) is 214 cm³/mol. The molecule has 8 nitrogen and oxygen atoms in total. The van der Waals surface area contributed by atoms with Gasteiger partial charge in [-0.25, -0.2) is 0 Å². The second kappa shape index (κ2) is 33.8. The van der Waals surface area contributed by atoms with Crippen molar-refractivity contribution in [1.82, 2.24) is 5.32 Å². The average Bonchev–Trinajstić information content (AvgIpc) is 3.07. The molecule has 0 radical (unpaired) electrons. The number of phosphoric ester groups is 1. The van der Waals surface area contributed by atoms with Gasteiger partial charge in [-0.2, -0.15) is 0 Å². The fraction of sp³-hybridized carbons (Fsp3) is 0.690. The monoisotopic (exact) mass is 735 g/mol. The highest BCUT2D eigenvalue weighted by Crippen LogP contribution is 2.38. The van der Waals surface area contributed by atoms with E-state index in [9.17, 15) is 19.4 Å². The molecule has 9 heteroatoms. The van der Waals surface area contributed by atoms with E-state index in [0.717, 1.165) is 57.8 Å². The van der Waals surface area contributed by atoms with Gasteiger partial charge in [0.1, 0.15) is 13.2 Å². The average molecular weight is 735 g/mol. The predicted octanol–water partition coefficient (Wildman–Crippen LogP) is 9.83. The molecule has 0 rings (SSSR count). The number of likely N-dealkylation sites (N-methyl/N-ethyl adjacent to an activating group) is 1. The first kappa shape index (κ1) is 48.9. The first-order valence-corrected chi connectivity index (χ1v) is 21.3. The summed E-state index contributed by atoms with van der Waals surface area (Å²) in [5.74, 6) is -0.253. The lowest BCUT2D eigenvalue weighted by atomic mass is 10.1. The van der Waals surface area contributed by atoms with E-state index in [1.54, 1.807) is 6.08 Å². The number of aliphatic hydroxyl groups is 1. The molecule has 0 saturated carbocycles. The topological polar surface area (TPSA) is 108 Å². The number of nitrogens with one attached hydrogen (secondary N) is 1. The number of aliphatic hydroxyl groups excluding tert-OH is 1. The Labute approximate surface area is 313 Å². The molecular weight excluding hydrogens is 659 g/mol. The largest absolute Gasteiger partial charge is 0.756 e. The van der Waals surface area contributed by atoms with E-state index in [4.69, 9.17) is 9.05 Å². The molecule has 0 aliphatic heterocycles. The van der Waals surface area contributed by atoms with E-state index >= 15 is 0 Å². The van der Waals surface area contributed by atoms with E-state index in [0.29, 0.717) is 17.4 Å². The van der Waals surface area contributed by atoms with Gasteiger partial charge < -0.3 is 28.8 Å². The quantitative estimate of drug-likeness (QED) is 0.0295. The molecule has 3 unspecified atom stereocenters. The SMILES string of the molecule is CC/C=C\C/C=C\C/C=C\C/C=C\CCCCC(=O)NC(COP(=O)([O-])OCC[N+](C)(C)C)C(O)/C=C/CC/C=C/CCCCCCCCCC. The number of amides is 1. The second-order valence-corrected chi connectivity index (χ2v) is 15.7. The molecule has 0 heterocycles. The van der Waals surface area contributed by atoms with E-state index in [1.165, 1.54) is 51.4 Å². The summed E-state index contributed by atoms with van der Waals surface area (Å²) in [5, 5.41) is 13.7. The standard InChI is InChI=1S/C42H75N2O6P/c1-6-8-10-12-14-16-18-20-22-24-26-28-30-32-34-36-42(46)43-40(39-50-51(47,48)49-38-37-44(3,4)5)41(45)35-33-31-29-27-25-23-21-19-17-15-13-11-9-7-2/h8,10,14,16,20,22,25-28,33,35,40-41,45H,6-7,9,11-13,15,17-19,21,23-24,29-32,34,36-39H2,1-5H3,(H-,43,46,47,48)/b10-8-,16-14-,22-20-,27-25+,28-26-,35-33+. The van der Waals surface area contributed by atoms with Crippen LogP contribution in [0.4, 0.5) is 0 Å². The zero-order valence-corrected chi connectivity index (χ0v) is 33.9. The summed E-state index contributed by atoms with van der Waals surface area (Å²) in [6.07, 6.45) is 43.8. The molecule has 1 amide bonds. The lowest BCUT2D eigenvalue weighted by molar-refractivity contribution is -0.870. The van der Waals surface area contributed by atoms with Gasteiger partial charge in [-0.3, -0.25) is 9.36 Å². The highest BCUT2D eigenvalue weighted by Gasteiger charge is 2.23. The number of hydrogen-bond acceptors (Lipinski definition) is 6. The Morgan fingerprint density at radius 1 is 0.706 bits per heavy atom. The van der Waals surface area contributed by atoms with Gasteiger partial charge in [0, 0.05) is 6.42 Å². The number of phosphoric acid groups is 1. The van der Waals surface area contributed by atoms with Crippen molar-refractivity contribution in [1.29, 1.82) is 0 Å². The van der Waals surface area contributed by atoms with Gasteiger partial charge >= 0.3 is 0 Å². The number of hydrogen-bond donors (Lipinski definition) is 2. The fourth-order valence-electron chi connectivity index (χ4n) is 4.98. The highest BCUT2D eigenvalue weighted by molar-refractivity contribution is 7.45. The van der Waals surface area contributed by atoms with Crippen LogP contribution in [0.5, 0.6) is 0 Å². The van der Waals surface area contributed by atoms with Crippen LogP contribution in [0.25, 0.3) is 0 Å². The maximum atomic E-state index is 12.8. The zero-order chi connectivity index (χ0) is 37.9. The Bertz CT molecular complexity index is 1060. The Morgan fingerprint density at radius 3 is 1.82 bits per heavy atom. The van der Waals surface area contributed by atoms with Crippen LogP contribution < -0.4 is 10.2 Å². The molecule has 3 atom stereocenters. The first-order chi connectivity index (χ1) is 24.5. The van der Waals surface area contributed by atoms with Gasteiger partial charge in [0.2, 0.25) is 5.91 Å². The molecule has 0 aromatic heterocycles. The molecular formula is C42H75N2O6P. The molecule has 0 spiro atoms. The second-order valence-electron chi connectivity index (χ2n) is 14.2. The Morgan fingerprint density at radius 2 is 1.22 bits per heavy atom. The van der Waals surface area contributed by atoms with Crippen LogP contribution in [-0.4, -0.2) is 68.5 Å². The molecule has 0 saturated heterocycles. The van der Waals surface area contributed by atoms with Gasteiger partial charge in [0.25, 0.3) is 7.82 Å². The van der Waals surface area contributed by atoms with E-state index in [-0.39, 0.29) is 18.9 Å². The third-order valence-corrected chi connectivity index (χ3v) is 9.11. The van der Waals surface area contributed by atoms with Crippen LogP contribution in [0, 0.1) is 0 Å². The van der Waals surface area contributed by atoms with Crippen LogP contribution in [0.1, 0.15) is 136 Å². The first-order valence-electron chi connectivity index (χ1n) is 19.8. The molecule has 0 aliphatic rings. The number of carbonyl (C=O) groups is 1. The van der Waals surface area contributed by atoms with Crippen molar-refractivity contribution in [3.63, 3.8) is 0 Å². The summed E-state index contributed by atoms with van der Waals surface area (Å²) in [5.41, 5.74) is 0. The van der Waals surface area contributed by atoms with E-state index in [1.807, 2.05) is 27.2 Å². The zero-order valence-electron chi connectivity index (χ0n) is 33.0. The molecule has 0 bridgehead atoms. The number of unbranched alkanes of at least 4 members (excludes halogenated alkanes) is 11. The molecule has 51 heavy (non-hydrogen) atoms.